The summed E-state index contributed by atoms with van der Waals surface area (Å²) in [5, 5.41) is 12.5. The second-order valence-electron chi connectivity index (χ2n) is 5.96. The summed E-state index contributed by atoms with van der Waals surface area (Å²) < 4.78 is 4.80. The standard InChI is InChI=1S/C16H20N2O4/c1-22-13(15(20)21)14(19)18-8-6-16(7-9-18)10-17-12-5-3-2-4-11(12)16/h2-5,13,17H,6-10H2,1H3,(H,20,21). The summed E-state index contributed by atoms with van der Waals surface area (Å²) in [5.74, 6) is -1.69. The lowest BCUT2D eigenvalue weighted by molar-refractivity contribution is -0.160. The molecule has 0 radical (unpaired) electrons. The van der Waals surface area contributed by atoms with Gasteiger partial charge < -0.3 is 20.1 Å². The fourth-order valence-corrected chi connectivity index (χ4v) is 3.53. The van der Waals surface area contributed by atoms with Crippen molar-refractivity contribution in [3.05, 3.63) is 29.8 Å². The fourth-order valence-electron chi connectivity index (χ4n) is 3.53. The van der Waals surface area contributed by atoms with E-state index in [0.29, 0.717) is 13.1 Å². The molecule has 0 saturated carbocycles. The molecule has 0 bridgehead atoms. The van der Waals surface area contributed by atoms with Gasteiger partial charge in [0.1, 0.15) is 0 Å². The van der Waals surface area contributed by atoms with Crippen LogP contribution in [0.25, 0.3) is 0 Å². The van der Waals surface area contributed by atoms with Crippen LogP contribution in [0.2, 0.25) is 0 Å². The lowest BCUT2D eigenvalue weighted by Crippen LogP contribution is -2.51. The van der Waals surface area contributed by atoms with Crippen LogP contribution in [0.1, 0.15) is 18.4 Å². The van der Waals surface area contributed by atoms with E-state index in [2.05, 4.69) is 17.4 Å². The molecule has 2 aliphatic rings. The maximum atomic E-state index is 12.2. The fraction of sp³-hybridized carbons (Fsp3) is 0.500. The number of carboxylic acid groups (broad SMARTS) is 1. The molecule has 6 heteroatoms. The minimum absolute atomic E-state index is 0.0547. The first-order valence-corrected chi connectivity index (χ1v) is 7.45. The number of benzene rings is 1. The molecule has 6 nitrogen and oxygen atoms in total. The van der Waals surface area contributed by atoms with E-state index in [4.69, 9.17) is 9.84 Å². The molecule has 2 N–H and O–H groups in total. The average Bonchev–Trinajstić information content (AvgIpc) is 2.87. The minimum Gasteiger partial charge on any atom is -0.479 e. The molecule has 1 saturated heterocycles. The van der Waals surface area contributed by atoms with Crippen LogP contribution >= 0.6 is 0 Å². The number of likely N-dealkylation sites (tertiary alicyclic amines) is 1. The van der Waals surface area contributed by atoms with Crippen LogP contribution in [-0.2, 0) is 19.7 Å². The van der Waals surface area contributed by atoms with Crippen LogP contribution in [0.3, 0.4) is 0 Å². The number of hydrogen-bond acceptors (Lipinski definition) is 4. The van der Waals surface area contributed by atoms with Gasteiger partial charge in [0.15, 0.2) is 0 Å². The van der Waals surface area contributed by atoms with Crippen LogP contribution in [0.5, 0.6) is 0 Å². The highest BCUT2D eigenvalue weighted by Crippen LogP contribution is 2.43. The van der Waals surface area contributed by atoms with E-state index in [1.807, 2.05) is 12.1 Å². The Hall–Kier alpha value is -2.08. The number of nitrogens with one attached hydrogen (secondary N) is 1. The molecule has 2 heterocycles. The summed E-state index contributed by atoms with van der Waals surface area (Å²) in [6, 6.07) is 8.27. The Kier molecular flexibility index (Phi) is 3.78. The van der Waals surface area contributed by atoms with Gasteiger partial charge in [-0.1, -0.05) is 18.2 Å². The molecule has 0 aromatic heterocycles. The molecule has 22 heavy (non-hydrogen) atoms. The summed E-state index contributed by atoms with van der Waals surface area (Å²) in [4.78, 5) is 24.9. The Balaban J connectivity index is 1.71. The number of carboxylic acids is 1. The number of hydrogen-bond donors (Lipinski definition) is 2. The van der Waals surface area contributed by atoms with Gasteiger partial charge in [-0.25, -0.2) is 4.79 Å². The van der Waals surface area contributed by atoms with Gasteiger partial charge in [0, 0.05) is 37.8 Å². The zero-order chi connectivity index (χ0) is 15.7. The minimum atomic E-state index is -1.40. The zero-order valence-corrected chi connectivity index (χ0v) is 12.5. The molecule has 1 aromatic rings. The Labute approximate surface area is 129 Å². The summed E-state index contributed by atoms with van der Waals surface area (Å²) in [6.07, 6.45) is 0.264. The molecule has 1 unspecified atom stereocenters. The van der Waals surface area contributed by atoms with Crippen LogP contribution in [-0.4, -0.2) is 54.7 Å². The third-order valence-electron chi connectivity index (χ3n) is 4.83. The maximum absolute atomic E-state index is 12.2. The third-order valence-corrected chi connectivity index (χ3v) is 4.83. The second kappa shape index (κ2) is 5.61. The number of amides is 1. The Morgan fingerprint density at radius 2 is 2.00 bits per heavy atom. The van der Waals surface area contributed by atoms with E-state index in [1.54, 1.807) is 4.90 Å². The van der Waals surface area contributed by atoms with Crippen molar-refractivity contribution in [2.45, 2.75) is 24.4 Å². The smallest absolute Gasteiger partial charge is 0.342 e. The van der Waals surface area contributed by atoms with Crippen LogP contribution < -0.4 is 5.32 Å². The van der Waals surface area contributed by atoms with Gasteiger partial charge in [0.2, 0.25) is 6.10 Å². The largest absolute Gasteiger partial charge is 0.479 e. The van der Waals surface area contributed by atoms with Crippen molar-refractivity contribution in [3.63, 3.8) is 0 Å². The van der Waals surface area contributed by atoms with E-state index >= 15 is 0 Å². The topological polar surface area (TPSA) is 78.9 Å². The Morgan fingerprint density at radius 1 is 1.32 bits per heavy atom. The van der Waals surface area contributed by atoms with Gasteiger partial charge in [0.05, 0.1) is 0 Å². The first kappa shape index (κ1) is 14.8. The van der Waals surface area contributed by atoms with Crippen molar-refractivity contribution < 1.29 is 19.4 Å². The van der Waals surface area contributed by atoms with Gasteiger partial charge in [-0.05, 0) is 24.5 Å². The average molecular weight is 304 g/mol. The van der Waals surface area contributed by atoms with Crippen molar-refractivity contribution in [1.82, 2.24) is 4.90 Å². The molecule has 1 aromatic carbocycles. The van der Waals surface area contributed by atoms with E-state index in [1.165, 1.54) is 18.4 Å². The number of nitrogens with zero attached hydrogens (tertiary/aromatic N) is 1. The van der Waals surface area contributed by atoms with Crippen molar-refractivity contribution >= 4 is 17.6 Å². The number of methoxy groups -OCH3 is 1. The predicted molar refractivity (Wildman–Crippen MR) is 80.9 cm³/mol. The molecule has 1 atom stereocenters. The van der Waals surface area contributed by atoms with Crippen molar-refractivity contribution in [1.29, 1.82) is 0 Å². The van der Waals surface area contributed by atoms with E-state index in [0.717, 1.165) is 19.4 Å². The third kappa shape index (κ3) is 2.33. The van der Waals surface area contributed by atoms with Gasteiger partial charge >= 0.3 is 5.97 Å². The van der Waals surface area contributed by atoms with Crippen molar-refractivity contribution in [2.75, 3.05) is 32.1 Å². The van der Waals surface area contributed by atoms with E-state index in [-0.39, 0.29) is 5.41 Å². The van der Waals surface area contributed by atoms with Crippen LogP contribution in [0.4, 0.5) is 5.69 Å². The number of fused-ring (bicyclic) bond motifs is 2. The first-order chi connectivity index (χ1) is 10.6. The first-order valence-electron chi connectivity index (χ1n) is 7.45. The molecule has 2 aliphatic heterocycles. The molecule has 1 fully saturated rings. The highest BCUT2D eigenvalue weighted by atomic mass is 16.5. The zero-order valence-electron chi connectivity index (χ0n) is 12.5. The predicted octanol–water partition coefficient (Wildman–Crippen LogP) is 1.07. The second-order valence-corrected chi connectivity index (χ2v) is 5.96. The molecule has 1 spiro atoms. The summed E-state index contributed by atoms with van der Waals surface area (Å²) >= 11 is 0. The van der Waals surface area contributed by atoms with Crippen molar-refractivity contribution in [2.24, 2.45) is 0 Å². The quantitative estimate of drug-likeness (QED) is 0.817. The number of ether oxygens (including phenoxy) is 1. The summed E-state index contributed by atoms with van der Waals surface area (Å²) in [6.45, 7) is 1.99. The monoisotopic (exact) mass is 304 g/mol. The molecule has 118 valence electrons. The number of anilines is 1. The lowest BCUT2D eigenvalue weighted by Gasteiger charge is -2.40. The number of carbonyl (C=O) groups excluding carboxylic acids is 1. The summed E-state index contributed by atoms with van der Waals surface area (Å²) in [5.41, 5.74) is 2.53. The van der Waals surface area contributed by atoms with Gasteiger partial charge in [-0.15, -0.1) is 0 Å². The molecule has 1 amide bonds. The maximum Gasteiger partial charge on any atom is 0.342 e. The highest BCUT2D eigenvalue weighted by Gasteiger charge is 2.43. The number of rotatable bonds is 3. The number of piperidine rings is 1. The van der Waals surface area contributed by atoms with Crippen LogP contribution in [0, 0.1) is 0 Å². The highest BCUT2D eigenvalue weighted by molar-refractivity contribution is 6.00. The number of aliphatic carboxylic acids is 1. The normalized spacial score (nSPS) is 20.3. The Bertz CT molecular complexity index is 594. The van der Waals surface area contributed by atoms with Crippen molar-refractivity contribution in [3.8, 4) is 0 Å². The Morgan fingerprint density at radius 3 is 2.64 bits per heavy atom. The van der Waals surface area contributed by atoms with Crippen LogP contribution in [0.15, 0.2) is 24.3 Å². The molecule has 0 aliphatic carbocycles. The number of carbonyl (C=O) groups is 2. The lowest BCUT2D eigenvalue weighted by atomic mass is 9.74. The van der Waals surface area contributed by atoms with Gasteiger partial charge in [-0.3, -0.25) is 4.79 Å². The number of para-hydroxylation sites is 1. The summed E-state index contributed by atoms with van der Waals surface area (Å²) in [7, 11) is 1.25. The molecular formula is C16H20N2O4. The van der Waals surface area contributed by atoms with Gasteiger partial charge in [-0.2, -0.15) is 0 Å². The van der Waals surface area contributed by atoms with E-state index < -0.39 is 18.0 Å². The SMILES string of the molecule is COC(C(=O)O)C(=O)N1CCC2(CC1)CNc1ccccc12. The van der Waals surface area contributed by atoms with Gasteiger partial charge in [0.25, 0.3) is 5.91 Å². The molecular weight excluding hydrogens is 284 g/mol. The van der Waals surface area contributed by atoms with E-state index in [9.17, 15) is 9.59 Å². The molecule has 3 rings (SSSR count).